The number of rotatable bonds is 1. The van der Waals surface area contributed by atoms with Gasteiger partial charge in [0.15, 0.2) is 0 Å². The van der Waals surface area contributed by atoms with Crippen LogP contribution in [0.15, 0.2) is 18.2 Å². The Labute approximate surface area is 94.8 Å². The highest BCUT2D eigenvalue weighted by Crippen LogP contribution is 2.17. The molecule has 86 valence electrons. The molecule has 0 saturated heterocycles. The molecule has 0 radical (unpaired) electrons. The summed E-state index contributed by atoms with van der Waals surface area (Å²) in [5.74, 6) is -1.54. The number of amides is 1. The molecule has 0 N–H and O–H groups in total. The Balaban J connectivity index is 2.96. The van der Waals surface area contributed by atoms with Crippen molar-refractivity contribution < 1.29 is 14.3 Å². The fourth-order valence-corrected chi connectivity index (χ4v) is 1.28. The van der Waals surface area contributed by atoms with Crippen LogP contribution < -0.4 is 4.90 Å². The molecule has 4 nitrogen and oxygen atoms in total. The largest absolute Gasteiger partial charge is 0.462 e. The predicted molar refractivity (Wildman–Crippen MR) is 61.3 cm³/mol. The van der Waals surface area contributed by atoms with Crippen LogP contribution >= 0.6 is 0 Å². The van der Waals surface area contributed by atoms with Gasteiger partial charge in [-0.15, -0.1) is 0 Å². The molecule has 0 aliphatic rings. The Morgan fingerprint density at radius 2 is 1.81 bits per heavy atom. The minimum Gasteiger partial charge on any atom is -0.462 e. The monoisotopic (exact) mass is 221 g/mol. The number of nitrogens with zero attached hydrogens (tertiary/aromatic N) is 1. The Morgan fingerprint density at radius 1 is 1.19 bits per heavy atom. The Hall–Kier alpha value is -1.84. The van der Waals surface area contributed by atoms with Crippen LogP contribution in [0.1, 0.15) is 11.1 Å². The van der Waals surface area contributed by atoms with E-state index >= 15 is 0 Å². The van der Waals surface area contributed by atoms with Gasteiger partial charge in [0.25, 0.3) is 0 Å². The van der Waals surface area contributed by atoms with E-state index in [0.717, 1.165) is 11.1 Å². The summed E-state index contributed by atoms with van der Waals surface area (Å²) in [5, 5.41) is 0. The lowest BCUT2D eigenvalue weighted by Crippen LogP contribution is -2.34. The van der Waals surface area contributed by atoms with Crippen LogP contribution in [0.2, 0.25) is 0 Å². The normalized spacial score (nSPS) is 9.75. The van der Waals surface area contributed by atoms with Crippen molar-refractivity contribution in [1.82, 2.24) is 0 Å². The molecule has 1 amide bonds. The molecule has 0 heterocycles. The molecule has 1 aromatic carbocycles. The second-order valence-corrected chi connectivity index (χ2v) is 3.62. The van der Waals surface area contributed by atoms with E-state index in [1.165, 1.54) is 12.0 Å². The SMILES string of the molecule is COC(=O)C(=O)N(C)c1ccc(C)c(C)c1. The van der Waals surface area contributed by atoms with Crippen LogP contribution in [0.5, 0.6) is 0 Å². The molecule has 0 aliphatic carbocycles. The number of esters is 1. The van der Waals surface area contributed by atoms with Gasteiger partial charge in [-0.1, -0.05) is 6.07 Å². The average molecular weight is 221 g/mol. The van der Waals surface area contributed by atoms with Crippen molar-refractivity contribution in [2.24, 2.45) is 0 Å². The Bertz CT molecular complexity index is 426. The number of hydrogen-bond donors (Lipinski definition) is 0. The van der Waals surface area contributed by atoms with Gasteiger partial charge < -0.3 is 9.64 Å². The molecular weight excluding hydrogens is 206 g/mol. The number of anilines is 1. The molecular formula is C12H15NO3. The van der Waals surface area contributed by atoms with Gasteiger partial charge in [0.2, 0.25) is 0 Å². The van der Waals surface area contributed by atoms with Crippen molar-refractivity contribution in [2.45, 2.75) is 13.8 Å². The van der Waals surface area contributed by atoms with E-state index in [1.54, 1.807) is 13.1 Å². The summed E-state index contributed by atoms with van der Waals surface area (Å²) in [6, 6.07) is 5.56. The maximum atomic E-state index is 11.5. The van der Waals surface area contributed by atoms with Crippen LogP contribution in [0, 0.1) is 13.8 Å². The molecule has 4 heteroatoms. The molecule has 0 atom stereocenters. The molecule has 16 heavy (non-hydrogen) atoms. The van der Waals surface area contributed by atoms with Crippen molar-refractivity contribution in [1.29, 1.82) is 0 Å². The molecule has 1 rings (SSSR count). The summed E-state index contributed by atoms with van der Waals surface area (Å²) >= 11 is 0. The maximum Gasteiger partial charge on any atom is 0.397 e. The Kier molecular flexibility index (Phi) is 3.66. The first-order valence-electron chi connectivity index (χ1n) is 4.90. The van der Waals surface area contributed by atoms with Crippen LogP contribution in [0.4, 0.5) is 5.69 Å². The maximum absolute atomic E-state index is 11.5. The molecule has 0 bridgehead atoms. The third kappa shape index (κ3) is 2.39. The van der Waals surface area contributed by atoms with Gasteiger partial charge in [-0.2, -0.15) is 0 Å². The fraction of sp³-hybridized carbons (Fsp3) is 0.333. The van der Waals surface area contributed by atoms with E-state index in [9.17, 15) is 9.59 Å². The highest BCUT2D eigenvalue weighted by atomic mass is 16.5. The standard InChI is InChI=1S/C12H15NO3/c1-8-5-6-10(7-9(8)2)13(3)11(14)12(15)16-4/h5-7H,1-4H3. The third-order valence-corrected chi connectivity index (χ3v) is 2.54. The second-order valence-electron chi connectivity index (χ2n) is 3.62. The lowest BCUT2D eigenvalue weighted by molar-refractivity contribution is -0.151. The lowest BCUT2D eigenvalue weighted by Gasteiger charge is -2.16. The highest BCUT2D eigenvalue weighted by molar-refractivity contribution is 6.37. The van der Waals surface area contributed by atoms with E-state index in [1.807, 2.05) is 26.0 Å². The molecule has 0 saturated carbocycles. The zero-order chi connectivity index (χ0) is 12.3. The molecule has 0 unspecified atom stereocenters. The van der Waals surface area contributed by atoms with Gasteiger partial charge in [-0.3, -0.25) is 4.79 Å². The Morgan fingerprint density at radius 3 is 2.31 bits per heavy atom. The number of likely N-dealkylation sites (N-methyl/N-ethyl adjacent to an activating group) is 1. The quantitative estimate of drug-likeness (QED) is 0.532. The van der Waals surface area contributed by atoms with E-state index in [2.05, 4.69) is 4.74 Å². The number of carbonyl (C=O) groups is 2. The zero-order valence-electron chi connectivity index (χ0n) is 9.90. The lowest BCUT2D eigenvalue weighted by atomic mass is 10.1. The first-order valence-corrected chi connectivity index (χ1v) is 4.90. The van der Waals surface area contributed by atoms with Gasteiger partial charge >= 0.3 is 11.9 Å². The summed E-state index contributed by atoms with van der Waals surface area (Å²) in [7, 11) is 2.73. The van der Waals surface area contributed by atoms with E-state index < -0.39 is 11.9 Å². The van der Waals surface area contributed by atoms with Crippen molar-refractivity contribution >= 4 is 17.6 Å². The van der Waals surface area contributed by atoms with Gasteiger partial charge in [0.05, 0.1) is 7.11 Å². The van der Waals surface area contributed by atoms with Crippen LogP contribution in [0.25, 0.3) is 0 Å². The summed E-state index contributed by atoms with van der Waals surface area (Å²) in [6.45, 7) is 3.94. The molecule has 0 aliphatic heterocycles. The summed E-state index contributed by atoms with van der Waals surface area (Å²) in [4.78, 5) is 23.9. The van der Waals surface area contributed by atoms with Crippen LogP contribution in [0.3, 0.4) is 0 Å². The van der Waals surface area contributed by atoms with Gasteiger partial charge in [0.1, 0.15) is 0 Å². The highest BCUT2D eigenvalue weighted by Gasteiger charge is 2.20. The summed E-state index contributed by atoms with van der Waals surface area (Å²) < 4.78 is 4.38. The molecule has 0 aromatic heterocycles. The van der Waals surface area contributed by atoms with Crippen molar-refractivity contribution in [3.8, 4) is 0 Å². The molecule has 0 spiro atoms. The van der Waals surface area contributed by atoms with E-state index in [0.29, 0.717) is 5.69 Å². The zero-order valence-corrected chi connectivity index (χ0v) is 9.90. The minimum atomic E-state index is -0.860. The van der Waals surface area contributed by atoms with Gasteiger partial charge in [0, 0.05) is 12.7 Å². The van der Waals surface area contributed by atoms with E-state index in [4.69, 9.17) is 0 Å². The number of methoxy groups -OCH3 is 1. The van der Waals surface area contributed by atoms with Gasteiger partial charge in [-0.25, -0.2) is 4.79 Å². The van der Waals surface area contributed by atoms with Crippen molar-refractivity contribution in [3.05, 3.63) is 29.3 Å². The summed E-state index contributed by atoms with van der Waals surface area (Å²) in [6.07, 6.45) is 0. The number of benzene rings is 1. The van der Waals surface area contributed by atoms with Crippen molar-refractivity contribution in [2.75, 3.05) is 19.1 Å². The molecule has 1 aromatic rings. The molecule has 0 fully saturated rings. The van der Waals surface area contributed by atoms with Crippen molar-refractivity contribution in [3.63, 3.8) is 0 Å². The smallest absolute Gasteiger partial charge is 0.397 e. The first kappa shape index (κ1) is 12.2. The topological polar surface area (TPSA) is 46.6 Å². The number of aryl methyl sites for hydroxylation is 2. The first-order chi connectivity index (χ1) is 7.47. The van der Waals surface area contributed by atoms with E-state index in [-0.39, 0.29) is 0 Å². The number of carbonyl (C=O) groups excluding carboxylic acids is 2. The minimum absolute atomic E-state index is 0.675. The number of hydrogen-bond acceptors (Lipinski definition) is 3. The fourth-order valence-electron chi connectivity index (χ4n) is 1.28. The van der Waals surface area contributed by atoms with Crippen LogP contribution in [-0.4, -0.2) is 26.0 Å². The number of ether oxygens (including phenoxy) is 1. The second kappa shape index (κ2) is 4.79. The predicted octanol–water partition coefficient (Wildman–Crippen LogP) is 1.44. The third-order valence-electron chi connectivity index (χ3n) is 2.54. The van der Waals surface area contributed by atoms with Gasteiger partial charge in [-0.05, 0) is 37.1 Å². The van der Waals surface area contributed by atoms with Crippen LogP contribution in [-0.2, 0) is 14.3 Å². The average Bonchev–Trinajstić information content (AvgIpc) is 2.29. The summed E-state index contributed by atoms with van der Waals surface area (Å²) in [5.41, 5.74) is 2.89.